The Bertz CT molecular complexity index is 445. The van der Waals surface area contributed by atoms with E-state index in [-0.39, 0.29) is 6.09 Å². The van der Waals surface area contributed by atoms with E-state index in [1.807, 2.05) is 0 Å². The Kier molecular flexibility index (Phi) is 2.47. The van der Waals surface area contributed by atoms with E-state index in [1.165, 1.54) is 49.4 Å². The number of hydrogen-bond acceptors (Lipinski definition) is 3. The summed E-state index contributed by atoms with van der Waals surface area (Å²) in [5, 5.41) is 0. The Labute approximate surface area is 113 Å². The summed E-state index contributed by atoms with van der Waals surface area (Å²) in [7, 11) is 0. The first-order valence-electron chi connectivity index (χ1n) is 7.38. The standard InChI is InChI=1S/C15H20N2O2/c18-14(17-2-1-16-10-17)19-9-15-6-11-3-12(7-15)5-13(4-11)8-15/h1-2,10-13H,3-9H2. The van der Waals surface area contributed by atoms with Crippen LogP contribution in [0.1, 0.15) is 38.5 Å². The summed E-state index contributed by atoms with van der Waals surface area (Å²) in [5.41, 5.74) is 0.297. The number of rotatable bonds is 2. The van der Waals surface area contributed by atoms with E-state index in [0.717, 1.165) is 17.8 Å². The van der Waals surface area contributed by atoms with Crippen LogP contribution in [-0.2, 0) is 4.74 Å². The molecule has 19 heavy (non-hydrogen) atoms. The van der Waals surface area contributed by atoms with Crippen molar-refractivity contribution in [1.29, 1.82) is 0 Å². The van der Waals surface area contributed by atoms with Crippen LogP contribution >= 0.6 is 0 Å². The summed E-state index contributed by atoms with van der Waals surface area (Å²) in [6, 6.07) is 0. The van der Waals surface area contributed by atoms with Crippen molar-refractivity contribution in [2.45, 2.75) is 38.5 Å². The van der Waals surface area contributed by atoms with Crippen LogP contribution in [0, 0.1) is 23.2 Å². The fourth-order valence-electron chi connectivity index (χ4n) is 5.12. The second-order valence-electron chi connectivity index (χ2n) is 6.94. The van der Waals surface area contributed by atoms with Crippen LogP contribution in [-0.4, -0.2) is 22.3 Å². The number of carbonyl (C=O) groups excluding carboxylic acids is 1. The van der Waals surface area contributed by atoms with Crippen LogP contribution in [0.2, 0.25) is 0 Å². The molecule has 4 heteroatoms. The lowest BCUT2D eigenvalue weighted by molar-refractivity contribution is -0.0819. The van der Waals surface area contributed by atoms with Gasteiger partial charge >= 0.3 is 6.09 Å². The molecule has 4 aliphatic rings. The molecule has 0 amide bonds. The summed E-state index contributed by atoms with van der Waals surface area (Å²) >= 11 is 0. The second kappa shape index (κ2) is 4.09. The van der Waals surface area contributed by atoms with Gasteiger partial charge in [0, 0.05) is 17.8 Å². The SMILES string of the molecule is O=C(OCC12CC3CC(CC(C3)C1)C2)n1ccnc1. The largest absolute Gasteiger partial charge is 0.448 e. The number of hydrogen-bond donors (Lipinski definition) is 0. The predicted octanol–water partition coefficient (Wildman–Crippen LogP) is 3.08. The maximum Gasteiger partial charge on any atom is 0.419 e. The van der Waals surface area contributed by atoms with Gasteiger partial charge in [0.25, 0.3) is 0 Å². The van der Waals surface area contributed by atoms with Crippen molar-refractivity contribution in [3.8, 4) is 0 Å². The summed E-state index contributed by atoms with van der Waals surface area (Å²) in [5.74, 6) is 2.70. The van der Waals surface area contributed by atoms with Gasteiger partial charge in [-0.05, 0) is 56.3 Å². The van der Waals surface area contributed by atoms with Gasteiger partial charge in [-0.3, -0.25) is 0 Å². The topological polar surface area (TPSA) is 44.1 Å². The number of carbonyl (C=O) groups is 1. The molecule has 0 aliphatic heterocycles. The minimum atomic E-state index is -0.284. The van der Waals surface area contributed by atoms with Gasteiger partial charge in [0.05, 0.1) is 6.61 Å². The van der Waals surface area contributed by atoms with Gasteiger partial charge < -0.3 is 4.74 Å². The zero-order chi connectivity index (χ0) is 12.9. The Balaban J connectivity index is 1.44. The monoisotopic (exact) mass is 260 g/mol. The minimum absolute atomic E-state index is 0.284. The molecule has 4 bridgehead atoms. The second-order valence-corrected chi connectivity index (χ2v) is 6.94. The van der Waals surface area contributed by atoms with Crippen molar-refractivity contribution in [3.05, 3.63) is 18.7 Å². The third kappa shape index (κ3) is 1.97. The Morgan fingerprint density at radius 1 is 1.21 bits per heavy atom. The van der Waals surface area contributed by atoms with E-state index in [4.69, 9.17) is 4.74 Å². The van der Waals surface area contributed by atoms with E-state index in [2.05, 4.69) is 4.98 Å². The van der Waals surface area contributed by atoms with Crippen LogP contribution in [0.15, 0.2) is 18.7 Å². The zero-order valence-electron chi connectivity index (χ0n) is 11.1. The first-order valence-corrected chi connectivity index (χ1v) is 7.38. The summed E-state index contributed by atoms with van der Waals surface area (Å²) < 4.78 is 6.97. The Morgan fingerprint density at radius 2 is 1.84 bits per heavy atom. The average molecular weight is 260 g/mol. The van der Waals surface area contributed by atoms with Crippen LogP contribution in [0.5, 0.6) is 0 Å². The van der Waals surface area contributed by atoms with Gasteiger partial charge in [0.1, 0.15) is 6.33 Å². The summed E-state index contributed by atoms with van der Waals surface area (Å²) in [6.07, 6.45) is 12.6. The molecule has 1 aromatic heterocycles. The summed E-state index contributed by atoms with van der Waals surface area (Å²) in [4.78, 5) is 15.8. The summed E-state index contributed by atoms with van der Waals surface area (Å²) in [6.45, 7) is 0.605. The third-order valence-corrected chi connectivity index (χ3v) is 5.38. The normalized spacial score (nSPS) is 39.5. The first kappa shape index (κ1) is 11.5. The van der Waals surface area contributed by atoms with Crippen LogP contribution in [0.3, 0.4) is 0 Å². The molecule has 0 spiro atoms. The lowest BCUT2D eigenvalue weighted by Crippen LogP contribution is -2.48. The zero-order valence-corrected chi connectivity index (χ0v) is 11.1. The highest BCUT2D eigenvalue weighted by Gasteiger charge is 2.51. The van der Waals surface area contributed by atoms with Gasteiger partial charge in [0.2, 0.25) is 0 Å². The van der Waals surface area contributed by atoms with Crippen LogP contribution < -0.4 is 0 Å². The van der Waals surface area contributed by atoms with Gasteiger partial charge in [0.15, 0.2) is 0 Å². The molecule has 0 aromatic carbocycles. The highest BCUT2D eigenvalue weighted by molar-refractivity contribution is 5.69. The molecule has 0 radical (unpaired) electrons. The van der Waals surface area contributed by atoms with Crippen molar-refractivity contribution in [3.63, 3.8) is 0 Å². The smallest absolute Gasteiger partial charge is 0.419 e. The fraction of sp³-hybridized carbons (Fsp3) is 0.733. The van der Waals surface area contributed by atoms with Crippen LogP contribution in [0.4, 0.5) is 4.79 Å². The molecule has 0 saturated heterocycles. The number of aromatic nitrogens is 2. The first-order chi connectivity index (χ1) is 9.22. The molecule has 0 atom stereocenters. The van der Waals surface area contributed by atoms with Crippen molar-refractivity contribution < 1.29 is 9.53 Å². The lowest BCUT2D eigenvalue weighted by atomic mass is 9.50. The molecule has 0 unspecified atom stereocenters. The number of imidazole rings is 1. The average Bonchev–Trinajstić information content (AvgIpc) is 2.88. The van der Waals surface area contributed by atoms with Gasteiger partial charge in [-0.2, -0.15) is 0 Å². The molecule has 5 rings (SSSR count). The molecule has 4 fully saturated rings. The van der Waals surface area contributed by atoms with E-state index < -0.39 is 0 Å². The molecule has 4 aliphatic carbocycles. The highest BCUT2D eigenvalue weighted by atomic mass is 16.5. The maximum absolute atomic E-state index is 11.9. The third-order valence-electron chi connectivity index (χ3n) is 5.38. The predicted molar refractivity (Wildman–Crippen MR) is 69.6 cm³/mol. The van der Waals surface area contributed by atoms with Gasteiger partial charge in [-0.1, -0.05) is 0 Å². The number of nitrogens with zero attached hydrogens (tertiary/aromatic N) is 2. The Hall–Kier alpha value is -1.32. The van der Waals surface area contributed by atoms with Crippen molar-refractivity contribution >= 4 is 6.09 Å². The van der Waals surface area contributed by atoms with Crippen molar-refractivity contribution in [1.82, 2.24) is 9.55 Å². The van der Waals surface area contributed by atoms with E-state index in [0.29, 0.717) is 12.0 Å². The lowest BCUT2D eigenvalue weighted by Gasteiger charge is -2.56. The molecule has 4 saturated carbocycles. The quantitative estimate of drug-likeness (QED) is 0.820. The number of ether oxygens (including phenoxy) is 1. The fourth-order valence-corrected chi connectivity index (χ4v) is 5.12. The molecule has 102 valence electrons. The molecular weight excluding hydrogens is 240 g/mol. The maximum atomic E-state index is 11.9. The van der Waals surface area contributed by atoms with Gasteiger partial charge in [-0.25, -0.2) is 14.3 Å². The van der Waals surface area contributed by atoms with E-state index in [1.54, 1.807) is 12.4 Å². The van der Waals surface area contributed by atoms with Gasteiger partial charge in [-0.15, -0.1) is 0 Å². The Morgan fingerprint density at radius 3 is 2.37 bits per heavy atom. The molecule has 0 N–H and O–H groups in total. The van der Waals surface area contributed by atoms with Crippen LogP contribution in [0.25, 0.3) is 0 Å². The molecular formula is C15H20N2O2. The molecule has 1 aromatic rings. The van der Waals surface area contributed by atoms with Crippen molar-refractivity contribution in [2.24, 2.45) is 23.2 Å². The molecule has 4 nitrogen and oxygen atoms in total. The highest BCUT2D eigenvalue weighted by Crippen LogP contribution is 2.60. The minimum Gasteiger partial charge on any atom is -0.448 e. The van der Waals surface area contributed by atoms with E-state index in [9.17, 15) is 4.79 Å². The van der Waals surface area contributed by atoms with E-state index >= 15 is 0 Å². The van der Waals surface area contributed by atoms with Crippen molar-refractivity contribution in [2.75, 3.05) is 6.61 Å². The molecule has 1 heterocycles.